The van der Waals surface area contributed by atoms with E-state index in [0.29, 0.717) is 43.6 Å². The maximum atomic E-state index is 13.1. The first-order valence-electron chi connectivity index (χ1n) is 10.1. The molecule has 0 saturated carbocycles. The zero-order valence-corrected chi connectivity index (χ0v) is 18.2. The Morgan fingerprint density at radius 1 is 1.00 bits per heavy atom. The predicted molar refractivity (Wildman–Crippen MR) is 117 cm³/mol. The highest BCUT2D eigenvalue weighted by molar-refractivity contribution is 7.89. The summed E-state index contributed by atoms with van der Waals surface area (Å²) in [5.41, 5.74) is 1.49. The van der Waals surface area contributed by atoms with E-state index in [1.807, 2.05) is 12.3 Å². The number of oxazole rings is 1. The van der Waals surface area contributed by atoms with Crippen molar-refractivity contribution < 1.29 is 12.8 Å². The molecule has 1 aliphatic heterocycles. The Morgan fingerprint density at radius 3 is 2.41 bits per heavy atom. The second kappa shape index (κ2) is 8.17. The Balaban J connectivity index is 1.28. The summed E-state index contributed by atoms with van der Waals surface area (Å²) in [4.78, 5) is 19.3. The third kappa shape index (κ3) is 3.87. The molecule has 5 rings (SSSR count). The van der Waals surface area contributed by atoms with E-state index < -0.39 is 10.0 Å². The third-order valence-corrected chi connectivity index (χ3v) is 7.29. The molecule has 0 amide bonds. The zero-order valence-electron chi connectivity index (χ0n) is 17.4. The van der Waals surface area contributed by atoms with E-state index in [-0.39, 0.29) is 4.90 Å². The van der Waals surface area contributed by atoms with Crippen molar-refractivity contribution in [3.05, 3.63) is 67.5 Å². The molecule has 0 N–H and O–H groups in total. The summed E-state index contributed by atoms with van der Waals surface area (Å²) in [5.74, 6) is 2.04. The fraction of sp³-hybridized carbons (Fsp3) is 0.238. The van der Waals surface area contributed by atoms with Crippen molar-refractivity contribution >= 4 is 15.8 Å². The summed E-state index contributed by atoms with van der Waals surface area (Å²) in [6, 6.07) is 8.60. The van der Waals surface area contributed by atoms with E-state index in [1.165, 1.54) is 10.6 Å². The number of rotatable bonds is 5. The topological polar surface area (TPSA) is 110 Å². The van der Waals surface area contributed by atoms with Crippen LogP contribution in [0, 0.1) is 6.92 Å². The molecule has 0 atom stereocenters. The maximum Gasteiger partial charge on any atom is 0.243 e. The van der Waals surface area contributed by atoms with Gasteiger partial charge in [-0.3, -0.25) is 4.57 Å². The molecule has 32 heavy (non-hydrogen) atoms. The molecular weight excluding hydrogens is 430 g/mol. The lowest BCUT2D eigenvalue weighted by atomic mass is 10.2. The molecule has 3 aromatic heterocycles. The first kappa shape index (κ1) is 20.3. The number of hydrogen-bond donors (Lipinski definition) is 0. The van der Waals surface area contributed by atoms with Crippen LogP contribution >= 0.6 is 0 Å². The lowest BCUT2D eigenvalue weighted by Gasteiger charge is -2.34. The second-order valence-electron chi connectivity index (χ2n) is 7.37. The van der Waals surface area contributed by atoms with Gasteiger partial charge in [0.25, 0.3) is 0 Å². The van der Waals surface area contributed by atoms with Crippen molar-refractivity contribution in [2.24, 2.45) is 0 Å². The molecule has 10 nitrogen and oxygen atoms in total. The molecule has 1 fully saturated rings. The highest BCUT2D eigenvalue weighted by Crippen LogP contribution is 2.24. The van der Waals surface area contributed by atoms with E-state index in [1.54, 1.807) is 54.5 Å². The van der Waals surface area contributed by atoms with Crippen LogP contribution in [0.5, 0.6) is 0 Å². The summed E-state index contributed by atoms with van der Waals surface area (Å²) >= 11 is 0. The van der Waals surface area contributed by atoms with Gasteiger partial charge >= 0.3 is 0 Å². The Kier molecular flexibility index (Phi) is 5.19. The molecule has 0 unspecified atom stereocenters. The highest BCUT2D eigenvalue weighted by atomic mass is 32.2. The van der Waals surface area contributed by atoms with E-state index >= 15 is 0 Å². The van der Waals surface area contributed by atoms with Gasteiger partial charge in [0, 0.05) is 57.1 Å². The smallest absolute Gasteiger partial charge is 0.243 e. The van der Waals surface area contributed by atoms with Gasteiger partial charge in [0.15, 0.2) is 5.89 Å². The highest BCUT2D eigenvalue weighted by Gasteiger charge is 2.29. The van der Waals surface area contributed by atoms with E-state index in [2.05, 4.69) is 24.8 Å². The van der Waals surface area contributed by atoms with Gasteiger partial charge in [-0.1, -0.05) is 12.1 Å². The molecule has 4 aromatic rings. The molecule has 0 aliphatic carbocycles. The van der Waals surface area contributed by atoms with Gasteiger partial charge in [-0.05, 0) is 12.1 Å². The standard InChI is InChI=1S/C21H21N7O3S/c1-16-25-19(13-31-16)17-2-4-18(5-3-17)32(29,30)28-10-8-26(9-11-28)20-12-21(24-14-23-20)27-7-6-22-15-27/h2-7,12-15H,8-11H2,1H3. The SMILES string of the molecule is Cc1nc(-c2ccc(S(=O)(=O)N3CCN(c4cc(-n5ccnc5)ncn4)CC3)cc2)co1. The molecule has 11 heteroatoms. The summed E-state index contributed by atoms with van der Waals surface area (Å²) < 4.78 is 34.8. The van der Waals surface area contributed by atoms with Gasteiger partial charge in [0.2, 0.25) is 10.0 Å². The predicted octanol–water partition coefficient (Wildman–Crippen LogP) is 2.14. The van der Waals surface area contributed by atoms with E-state index in [9.17, 15) is 8.42 Å². The largest absolute Gasteiger partial charge is 0.449 e. The Morgan fingerprint density at radius 2 is 1.75 bits per heavy atom. The molecule has 4 heterocycles. The third-order valence-electron chi connectivity index (χ3n) is 5.38. The lowest BCUT2D eigenvalue weighted by molar-refractivity contribution is 0.383. The van der Waals surface area contributed by atoms with Gasteiger partial charge in [0.1, 0.15) is 36.2 Å². The number of piperazine rings is 1. The number of anilines is 1. The number of hydrogen-bond acceptors (Lipinski definition) is 8. The molecule has 0 radical (unpaired) electrons. The van der Waals surface area contributed by atoms with Gasteiger partial charge in [-0.25, -0.2) is 28.4 Å². The van der Waals surface area contributed by atoms with Crippen molar-refractivity contribution in [2.45, 2.75) is 11.8 Å². The number of imidazole rings is 1. The summed E-state index contributed by atoms with van der Waals surface area (Å²) in [7, 11) is -3.59. The van der Waals surface area contributed by atoms with Gasteiger partial charge in [0.05, 0.1) is 4.90 Å². The van der Waals surface area contributed by atoms with Crippen LogP contribution in [0.1, 0.15) is 5.89 Å². The molecule has 1 aromatic carbocycles. The van der Waals surface area contributed by atoms with Crippen LogP contribution in [0.2, 0.25) is 0 Å². The minimum absolute atomic E-state index is 0.263. The fourth-order valence-electron chi connectivity index (χ4n) is 3.65. The number of aromatic nitrogens is 5. The summed E-state index contributed by atoms with van der Waals surface area (Å²) in [5, 5.41) is 0. The lowest BCUT2D eigenvalue weighted by Crippen LogP contribution is -2.48. The van der Waals surface area contributed by atoms with Crippen molar-refractivity contribution in [3.63, 3.8) is 0 Å². The van der Waals surface area contributed by atoms with Crippen LogP contribution in [0.15, 0.2) is 71.0 Å². The van der Waals surface area contributed by atoms with Crippen LogP contribution in [-0.2, 0) is 10.0 Å². The zero-order chi connectivity index (χ0) is 22.1. The average molecular weight is 452 g/mol. The number of aryl methyl sites for hydroxylation is 1. The quantitative estimate of drug-likeness (QED) is 0.454. The second-order valence-corrected chi connectivity index (χ2v) is 9.31. The Bertz CT molecular complexity index is 1310. The van der Waals surface area contributed by atoms with Crippen molar-refractivity contribution in [2.75, 3.05) is 31.1 Å². The van der Waals surface area contributed by atoms with Crippen LogP contribution in [0.3, 0.4) is 0 Å². The molecule has 1 aliphatic rings. The Hall–Kier alpha value is -3.57. The fourth-order valence-corrected chi connectivity index (χ4v) is 5.07. The first-order valence-corrected chi connectivity index (χ1v) is 11.5. The van der Waals surface area contributed by atoms with Gasteiger partial charge in [-0.15, -0.1) is 0 Å². The van der Waals surface area contributed by atoms with Crippen LogP contribution in [0.25, 0.3) is 17.1 Å². The van der Waals surface area contributed by atoms with Crippen LogP contribution < -0.4 is 4.90 Å². The number of benzene rings is 1. The molecule has 0 bridgehead atoms. The number of nitrogens with zero attached hydrogens (tertiary/aromatic N) is 7. The van der Waals surface area contributed by atoms with Gasteiger partial charge < -0.3 is 9.32 Å². The van der Waals surface area contributed by atoms with Crippen molar-refractivity contribution in [3.8, 4) is 17.1 Å². The van der Waals surface area contributed by atoms with E-state index in [4.69, 9.17) is 4.42 Å². The Labute approximate surface area is 185 Å². The molecular formula is C21H21N7O3S. The minimum atomic E-state index is -3.59. The number of sulfonamides is 1. The monoisotopic (exact) mass is 451 g/mol. The van der Waals surface area contributed by atoms with Crippen LogP contribution in [-0.4, -0.2) is 63.4 Å². The summed E-state index contributed by atoms with van der Waals surface area (Å²) in [6.45, 7) is 3.59. The normalized spacial score (nSPS) is 15.2. The molecule has 164 valence electrons. The summed E-state index contributed by atoms with van der Waals surface area (Å²) in [6.07, 6.45) is 8.23. The first-order chi connectivity index (χ1) is 15.5. The molecule has 0 spiro atoms. The van der Waals surface area contributed by atoms with E-state index in [0.717, 1.165) is 11.4 Å². The van der Waals surface area contributed by atoms with Crippen LogP contribution in [0.4, 0.5) is 5.82 Å². The van der Waals surface area contributed by atoms with Crippen molar-refractivity contribution in [1.82, 2.24) is 28.8 Å². The maximum absolute atomic E-state index is 13.1. The average Bonchev–Trinajstić information content (AvgIpc) is 3.52. The minimum Gasteiger partial charge on any atom is -0.449 e. The van der Waals surface area contributed by atoms with Crippen molar-refractivity contribution in [1.29, 1.82) is 0 Å². The van der Waals surface area contributed by atoms with Gasteiger partial charge in [-0.2, -0.15) is 4.31 Å². The molecule has 1 saturated heterocycles.